The highest BCUT2D eigenvalue weighted by molar-refractivity contribution is 6.04. The molecule has 0 saturated heterocycles. The fourth-order valence-corrected chi connectivity index (χ4v) is 2.44. The molecule has 2 aromatic carbocycles. The molecule has 0 atom stereocenters. The van der Waals surface area contributed by atoms with Crippen molar-refractivity contribution >= 4 is 11.6 Å². The largest absolute Gasteiger partial charge is 0.322 e. The van der Waals surface area contributed by atoms with Crippen LogP contribution < -0.4 is 10.6 Å². The average Bonchev–Trinajstić information content (AvgIpc) is 2.97. The predicted molar refractivity (Wildman–Crippen MR) is 80.7 cm³/mol. The van der Waals surface area contributed by atoms with Crippen LogP contribution in [-0.4, -0.2) is 5.91 Å². The molecule has 3 rings (SSSR count). The molecule has 0 radical (unpaired) electrons. The number of amides is 1. The van der Waals surface area contributed by atoms with Crippen molar-refractivity contribution < 1.29 is 4.79 Å². The normalized spacial score (nSPS) is 12.5. The van der Waals surface area contributed by atoms with Gasteiger partial charge < -0.3 is 10.6 Å². The minimum atomic E-state index is -0.113. The molecule has 104 valence electrons. The molecule has 1 aliphatic rings. The van der Waals surface area contributed by atoms with Crippen LogP contribution >= 0.6 is 0 Å². The van der Waals surface area contributed by atoms with Gasteiger partial charge in [-0.05, 0) is 41.0 Å². The molecular weight excluding hydrogens is 262 g/mol. The van der Waals surface area contributed by atoms with Gasteiger partial charge in [0.05, 0.1) is 12.5 Å². The Balaban J connectivity index is 1.72. The number of nitrogens with zero attached hydrogens (tertiary/aromatic N) is 1. The van der Waals surface area contributed by atoms with E-state index in [9.17, 15) is 4.79 Å². The molecular formula is C17H15N3O. The Kier molecular flexibility index (Phi) is 3.67. The lowest BCUT2D eigenvalue weighted by Gasteiger charge is -2.07. The first-order chi connectivity index (χ1) is 10.3. The maximum absolute atomic E-state index is 12.2. The first-order valence-electron chi connectivity index (χ1n) is 6.86. The number of nitrogens with one attached hydrogen (secondary N) is 2. The van der Waals surface area contributed by atoms with E-state index in [1.165, 1.54) is 11.1 Å². The van der Waals surface area contributed by atoms with Crippen LogP contribution in [0.25, 0.3) is 0 Å². The first kappa shape index (κ1) is 13.3. The van der Waals surface area contributed by atoms with Crippen molar-refractivity contribution in [3.8, 4) is 6.07 Å². The summed E-state index contributed by atoms with van der Waals surface area (Å²) >= 11 is 0. The summed E-state index contributed by atoms with van der Waals surface area (Å²) in [5.41, 5.74) is 4.79. The molecule has 0 aromatic heterocycles. The van der Waals surface area contributed by atoms with Crippen molar-refractivity contribution in [2.24, 2.45) is 0 Å². The monoisotopic (exact) mass is 277 g/mol. The van der Waals surface area contributed by atoms with Crippen molar-refractivity contribution in [3.05, 3.63) is 64.7 Å². The summed E-state index contributed by atoms with van der Waals surface area (Å²) in [5.74, 6) is -0.113. The Hall–Kier alpha value is -2.64. The zero-order valence-electron chi connectivity index (χ0n) is 11.5. The average molecular weight is 277 g/mol. The summed E-state index contributed by atoms with van der Waals surface area (Å²) in [6.07, 6.45) is 0.381. The fourth-order valence-electron chi connectivity index (χ4n) is 2.44. The van der Waals surface area contributed by atoms with E-state index < -0.39 is 0 Å². The van der Waals surface area contributed by atoms with Crippen LogP contribution in [0.15, 0.2) is 42.5 Å². The molecule has 0 fully saturated rings. The Bertz CT molecular complexity index is 714. The first-order valence-corrected chi connectivity index (χ1v) is 6.86. The maximum Gasteiger partial charge on any atom is 0.255 e. The van der Waals surface area contributed by atoms with Gasteiger partial charge >= 0.3 is 0 Å². The van der Waals surface area contributed by atoms with Crippen LogP contribution in [0, 0.1) is 11.3 Å². The zero-order chi connectivity index (χ0) is 14.7. The second kappa shape index (κ2) is 5.78. The van der Waals surface area contributed by atoms with E-state index in [1.54, 1.807) is 0 Å². The number of benzene rings is 2. The SMILES string of the molecule is N#CCc1ccc(NC(=O)c2ccc3c(c2)CNC3)cc1. The minimum absolute atomic E-state index is 0.113. The number of anilines is 1. The van der Waals surface area contributed by atoms with E-state index >= 15 is 0 Å². The summed E-state index contributed by atoms with van der Waals surface area (Å²) < 4.78 is 0. The van der Waals surface area contributed by atoms with Crippen molar-refractivity contribution in [1.82, 2.24) is 5.32 Å². The third-order valence-electron chi connectivity index (χ3n) is 3.59. The van der Waals surface area contributed by atoms with E-state index in [4.69, 9.17) is 5.26 Å². The fraction of sp³-hybridized carbons (Fsp3) is 0.176. The van der Waals surface area contributed by atoms with Crippen molar-refractivity contribution in [3.63, 3.8) is 0 Å². The van der Waals surface area contributed by atoms with Gasteiger partial charge in [-0.2, -0.15) is 5.26 Å². The highest BCUT2D eigenvalue weighted by atomic mass is 16.1. The van der Waals surface area contributed by atoms with Crippen LogP contribution in [0.5, 0.6) is 0 Å². The van der Waals surface area contributed by atoms with Gasteiger partial charge in [-0.15, -0.1) is 0 Å². The smallest absolute Gasteiger partial charge is 0.255 e. The highest BCUT2D eigenvalue weighted by Crippen LogP contribution is 2.18. The Morgan fingerprint density at radius 2 is 1.90 bits per heavy atom. The van der Waals surface area contributed by atoms with E-state index in [2.05, 4.69) is 16.7 Å². The topological polar surface area (TPSA) is 64.9 Å². The summed E-state index contributed by atoms with van der Waals surface area (Å²) in [6.45, 7) is 1.69. The number of nitriles is 1. The number of hydrogen-bond donors (Lipinski definition) is 2. The van der Waals surface area contributed by atoms with Gasteiger partial charge in [0.25, 0.3) is 5.91 Å². The number of fused-ring (bicyclic) bond motifs is 1. The van der Waals surface area contributed by atoms with Crippen molar-refractivity contribution in [1.29, 1.82) is 5.26 Å². The Morgan fingerprint density at radius 3 is 2.67 bits per heavy atom. The molecule has 21 heavy (non-hydrogen) atoms. The van der Waals surface area contributed by atoms with Gasteiger partial charge in [-0.25, -0.2) is 0 Å². The number of carbonyl (C=O) groups excluding carboxylic acids is 1. The Morgan fingerprint density at radius 1 is 1.14 bits per heavy atom. The second-order valence-corrected chi connectivity index (χ2v) is 5.07. The molecule has 0 spiro atoms. The maximum atomic E-state index is 12.2. The lowest BCUT2D eigenvalue weighted by Crippen LogP contribution is -2.12. The molecule has 0 unspecified atom stereocenters. The van der Waals surface area contributed by atoms with Crippen LogP contribution in [0.2, 0.25) is 0 Å². The molecule has 4 heteroatoms. The van der Waals surface area contributed by atoms with E-state index in [0.717, 1.165) is 24.3 Å². The van der Waals surface area contributed by atoms with Gasteiger partial charge in [0.15, 0.2) is 0 Å². The third-order valence-corrected chi connectivity index (χ3v) is 3.59. The molecule has 0 aliphatic carbocycles. The van der Waals surface area contributed by atoms with Crippen molar-refractivity contribution in [2.45, 2.75) is 19.5 Å². The summed E-state index contributed by atoms with van der Waals surface area (Å²) in [6, 6.07) is 15.2. The third kappa shape index (κ3) is 2.93. The van der Waals surface area contributed by atoms with Gasteiger partial charge in [0, 0.05) is 24.3 Å². The highest BCUT2D eigenvalue weighted by Gasteiger charge is 2.13. The molecule has 1 aliphatic heterocycles. The van der Waals surface area contributed by atoms with Gasteiger partial charge in [-0.1, -0.05) is 18.2 Å². The molecule has 0 saturated carbocycles. The summed E-state index contributed by atoms with van der Waals surface area (Å²) in [4.78, 5) is 12.2. The molecule has 2 aromatic rings. The lowest BCUT2D eigenvalue weighted by molar-refractivity contribution is 0.102. The standard InChI is InChI=1S/C17H15N3O/c18-8-7-12-1-5-16(6-2-12)20-17(21)13-3-4-14-10-19-11-15(14)9-13/h1-6,9,19H,7,10-11H2,(H,20,21). The second-order valence-electron chi connectivity index (χ2n) is 5.07. The van der Waals surface area contributed by atoms with Gasteiger partial charge in [0.2, 0.25) is 0 Å². The molecule has 1 amide bonds. The zero-order valence-corrected chi connectivity index (χ0v) is 11.5. The molecule has 2 N–H and O–H groups in total. The van der Waals surface area contributed by atoms with Crippen LogP contribution in [-0.2, 0) is 19.5 Å². The number of hydrogen-bond acceptors (Lipinski definition) is 3. The Labute approximate surface area is 123 Å². The van der Waals surface area contributed by atoms with Crippen LogP contribution in [0.3, 0.4) is 0 Å². The van der Waals surface area contributed by atoms with Crippen LogP contribution in [0.1, 0.15) is 27.0 Å². The van der Waals surface area contributed by atoms with Crippen molar-refractivity contribution in [2.75, 3.05) is 5.32 Å². The van der Waals surface area contributed by atoms with E-state index in [-0.39, 0.29) is 5.91 Å². The van der Waals surface area contributed by atoms with Crippen LogP contribution in [0.4, 0.5) is 5.69 Å². The van der Waals surface area contributed by atoms with E-state index in [1.807, 2.05) is 42.5 Å². The molecule has 1 heterocycles. The predicted octanol–water partition coefficient (Wildman–Crippen LogP) is 2.61. The number of rotatable bonds is 3. The number of carbonyl (C=O) groups is 1. The summed E-state index contributed by atoms with van der Waals surface area (Å²) in [7, 11) is 0. The lowest BCUT2D eigenvalue weighted by atomic mass is 10.1. The quantitative estimate of drug-likeness (QED) is 0.906. The molecule has 4 nitrogen and oxygen atoms in total. The minimum Gasteiger partial charge on any atom is -0.322 e. The van der Waals surface area contributed by atoms with Gasteiger partial charge in [0.1, 0.15) is 0 Å². The molecule has 0 bridgehead atoms. The van der Waals surface area contributed by atoms with Gasteiger partial charge in [-0.3, -0.25) is 4.79 Å². The van der Waals surface area contributed by atoms with E-state index in [0.29, 0.717) is 12.0 Å². The summed E-state index contributed by atoms with van der Waals surface area (Å²) in [5, 5.41) is 14.8.